The zero-order valence-corrected chi connectivity index (χ0v) is 15.5. The third kappa shape index (κ3) is 4.11. The molecule has 1 saturated heterocycles. The van der Waals surface area contributed by atoms with Crippen LogP contribution in [-0.2, 0) is 9.59 Å². The molecule has 2 amide bonds. The summed E-state index contributed by atoms with van der Waals surface area (Å²) in [5.74, 6) is 0.263. The van der Waals surface area contributed by atoms with Crippen molar-refractivity contribution in [2.75, 3.05) is 10.2 Å². The molecule has 146 valence electrons. The number of para-hydroxylation sites is 2. The molecule has 0 aliphatic carbocycles. The predicted molar refractivity (Wildman–Crippen MR) is 108 cm³/mol. The number of anilines is 2. The number of carbonyl (C=O) groups is 2. The Morgan fingerprint density at radius 1 is 0.931 bits per heavy atom. The fourth-order valence-electron chi connectivity index (χ4n) is 3.33. The number of halogens is 1. The fourth-order valence-corrected chi connectivity index (χ4v) is 3.33. The smallest absolute Gasteiger partial charge is 0.247 e. The second-order valence-corrected chi connectivity index (χ2v) is 6.70. The predicted octanol–water partition coefficient (Wildman–Crippen LogP) is 4.75. The van der Waals surface area contributed by atoms with Crippen LogP contribution < -0.4 is 15.0 Å². The maximum absolute atomic E-state index is 13.8. The third-order valence-electron chi connectivity index (χ3n) is 4.74. The van der Waals surface area contributed by atoms with E-state index in [1.54, 1.807) is 36.4 Å². The summed E-state index contributed by atoms with van der Waals surface area (Å²) < 4.78 is 19.6. The van der Waals surface area contributed by atoms with Crippen LogP contribution in [0.4, 0.5) is 15.8 Å². The Morgan fingerprint density at radius 3 is 2.31 bits per heavy atom. The summed E-state index contributed by atoms with van der Waals surface area (Å²) in [6, 6.07) is 21.6. The molecular weight excluding hydrogens is 371 g/mol. The first-order valence-corrected chi connectivity index (χ1v) is 9.32. The maximum Gasteiger partial charge on any atom is 0.247 e. The highest BCUT2D eigenvalue weighted by molar-refractivity contribution is 6.07. The number of benzene rings is 3. The summed E-state index contributed by atoms with van der Waals surface area (Å²) in [5.41, 5.74) is 0.699. The maximum atomic E-state index is 13.8. The molecule has 4 rings (SSSR count). The number of nitrogens with one attached hydrogen (secondary N) is 1. The molecule has 1 N–H and O–H groups in total. The van der Waals surface area contributed by atoms with Gasteiger partial charge in [-0.3, -0.25) is 14.5 Å². The number of rotatable bonds is 5. The van der Waals surface area contributed by atoms with Crippen LogP contribution in [-0.4, -0.2) is 17.9 Å². The SMILES string of the molecule is O=C(Nc1ccccc1F)C1CCC(=O)N1c1ccc(Oc2ccccc2)cc1. The van der Waals surface area contributed by atoms with Crippen molar-refractivity contribution in [2.45, 2.75) is 18.9 Å². The van der Waals surface area contributed by atoms with E-state index in [1.165, 1.54) is 17.0 Å². The normalized spacial score (nSPS) is 16.0. The number of hydrogen-bond donors (Lipinski definition) is 1. The van der Waals surface area contributed by atoms with Crippen molar-refractivity contribution in [3.63, 3.8) is 0 Å². The lowest BCUT2D eigenvalue weighted by Crippen LogP contribution is -2.41. The van der Waals surface area contributed by atoms with Crippen LogP contribution in [0, 0.1) is 5.82 Å². The van der Waals surface area contributed by atoms with Crippen LogP contribution in [0.1, 0.15) is 12.8 Å². The Bertz CT molecular complexity index is 1020. The Labute approximate surface area is 167 Å². The summed E-state index contributed by atoms with van der Waals surface area (Å²) in [5, 5.41) is 2.58. The molecule has 1 aliphatic rings. The molecule has 6 heteroatoms. The molecule has 0 bridgehead atoms. The van der Waals surface area contributed by atoms with E-state index >= 15 is 0 Å². The van der Waals surface area contributed by atoms with Crippen molar-refractivity contribution in [3.8, 4) is 11.5 Å². The van der Waals surface area contributed by atoms with Gasteiger partial charge in [0.15, 0.2) is 0 Å². The van der Waals surface area contributed by atoms with Crippen molar-refractivity contribution < 1.29 is 18.7 Å². The number of nitrogens with zero attached hydrogens (tertiary/aromatic N) is 1. The van der Waals surface area contributed by atoms with E-state index in [4.69, 9.17) is 4.74 Å². The van der Waals surface area contributed by atoms with E-state index < -0.39 is 17.8 Å². The highest BCUT2D eigenvalue weighted by atomic mass is 19.1. The van der Waals surface area contributed by atoms with Gasteiger partial charge in [-0.15, -0.1) is 0 Å². The zero-order chi connectivity index (χ0) is 20.2. The van der Waals surface area contributed by atoms with Gasteiger partial charge in [-0.05, 0) is 55.0 Å². The molecule has 0 spiro atoms. The van der Waals surface area contributed by atoms with Gasteiger partial charge in [0.05, 0.1) is 5.69 Å². The summed E-state index contributed by atoms with van der Waals surface area (Å²) in [7, 11) is 0. The average Bonchev–Trinajstić information content (AvgIpc) is 3.13. The highest BCUT2D eigenvalue weighted by Crippen LogP contribution is 2.30. The van der Waals surface area contributed by atoms with Crippen molar-refractivity contribution >= 4 is 23.2 Å². The van der Waals surface area contributed by atoms with Crippen LogP contribution in [0.2, 0.25) is 0 Å². The molecule has 1 heterocycles. The molecule has 0 radical (unpaired) electrons. The summed E-state index contributed by atoms with van der Waals surface area (Å²) in [6.07, 6.45) is 0.638. The summed E-state index contributed by atoms with van der Waals surface area (Å²) in [4.78, 5) is 26.6. The van der Waals surface area contributed by atoms with Gasteiger partial charge in [-0.2, -0.15) is 0 Å². The Kier molecular flexibility index (Phi) is 5.24. The second kappa shape index (κ2) is 8.14. The van der Waals surface area contributed by atoms with Crippen LogP contribution in [0.15, 0.2) is 78.9 Å². The first kappa shape index (κ1) is 18.7. The van der Waals surface area contributed by atoms with E-state index in [0.717, 1.165) is 0 Å². The van der Waals surface area contributed by atoms with Gasteiger partial charge in [0.25, 0.3) is 0 Å². The fraction of sp³-hybridized carbons (Fsp3) is 0.130. The lowest BCUT2D eigenvalue weighted by atomic mass is 10.1. The molecule has 3 aromatic carbocycles. The molecule has 1 unspecified atom stereocenters. The highest BCUT2D eigenvalue weighted by Gasteiger charge is 2.37. The number of hydrogen-bond acceptors (Lipinski definition) is 3. The van der Waals surface area contributed by atoms with Gasteiger partial charge in [-0.25, -0.2) is 4.39 Å². The molecule has 1 fully saturated rings. The molecule has 1 atom stereocenters. The minimum absolute atomic E-state index is 0.100. The van der Waals surface area contributed by atoms with Crippen LogP contribution in [0.25, 0.3) is 0 Å². The van der Waals surface area contributed by atoms with Gasteiger partial charge in [0.2, 0.25) is 11.8 Å². The van der Waals surface area contributed by atoms with E-state index in [2.05, 4.69) is 5.32 Å². The van der Waals surface area contributed by atoms with Crippen molar-refractivity contribution in [1.29, 1.82) is 0 Å². The molecule has 0 saturated carbocycles. The Balaban J connectivity index is 1.50. The molecule has 1 aliphatic heterocycles. The van der Waals surface area contributed by atoms with Crippen molar-refractivity contribution in [2.24, 2.45) is 0 Å². The van der Waals surface area contributed by atoms with Gasteiger partial charge in [0, 0.05) is 12.1 Å². The molecular formula is C23H19FN2O3. The third-order valence-corrected chi connectivity index (χ3v) is 4.74. The van der Waals surface area contributed by atoms with E-state index in [9.17, 15) is 14.0 Å². The first-order valence-electron chi connectivity index (χ1n) is 9.32. The lowest BCUT2D eigenvalue weighted by molar-refractivity contribution is -0.120. The van der Waals surface area contributed by atoms with Crippen molar-refractivity contribution in [1.82, 2.24) is 0 Å². The van der Waals surface area contributed by atoms with Crippen molar-refractivity contribution in [3.05, 3.63) is 84.7 Å². The number of amides is 2. The lowest BCUT2D eigenvalue weighted by Gasteiger charge is -2.24. The van der Waals surface area contributed by atoms with Gasteiger partial charge in [-0.1, -0.05) is 30.3 Å². The second-order valence-electron chi connectivity index (χ2n) is 6.70. The minimum Gasteiger partial charge on any atom is -0.457 e. The minimum atomic E-state index is -0.692. The zero-order valence-electron chi connectivity index (χ0n) is 15.5. The first-order chi connectivity index (χ1) is 14.1. The van der Waals surface area contributed by atoms with E-state index in [-0.39, 0.29) is 18.0 Å². The standard InChI is InChI=1S/C23H19FN2O3/c24-19-8-4-5-9-20(19)25-23(28)21-14-15-22(27)26(21)16-10-12-18(13-11-16)29-17-6-2-1-3-7-17/h1-13,21H,14-15H2,(H,25,28). The number of ether oxygens (including phenoxy) is 1. The Hall–Kier alpha value is -3.67. The topological polar surface area (TPSA) is 58.6 Å². The van der Waals surface area contributed by atoms with Crippen LogP contribution in [0.5, 0.6) is 11.5 Å². The molecule has 29 heavy (non-hydrogen) atoms. The van der Waals surface area contributed by atoms with E-state index in [0.29, 0.717) is 23.6 Å². The van der Waals surface area contributed by atoms with Crippen LogP contribution in [0.3, 0.4) is 0 Å². The Morgan fingerprint density at radius 2 is 1.59 bits per heavy atom. The summed E-state index contributed by atoms with van der Waals surface area (Å²) in [6.45, 7) is 0. The van der Waals surface area contributed by atoms with Gasteiger partial charge >= 0.3 is 0 Å². The van der Waals surface area contributed by atoms with Crippen LogP contribution >= 0.6 is 0 Å². The average molecular weight is 390 g/mol. The quantitative estimate of drug-likeness (QED) is 0.684. The van der Waals surface area contributed by atoms with Gasteiger partial charge in [0.1, 0.15) is 23.4 Å². The van der Waals surface area contributed by atoms with E-state index in [1.807, 2.05) is 30.3 Å². The monoisotopic (exact) mass is 390 g/mol. The molecule has 3 aromatic rings. The number of carbonyl (C=O) groups excluding carboxylic acids is 2. The molecule has 5 nitrogen and oxygen atoms in total. The summed E-state index contributed by atoms with van der Waals surface area (Å²) >= 11 is 0. The van der Waals surface area contributed by atoms with Gasteiger partial charge < -0.3 is 10.1 Å². The largest absolute Gasteiger partial charge is 0.457 e. The molecule has 0 aromatic heterocycles.